The highest BCUT2D eigenvalue weighted by Crippen LogP contribution is 2.27. The largest absolute Gasteiger partial charge is 0.356 e. The predicted molar refractivity (Wildman–Crippen MR) is 84.3 cm³/mol. The van der Waals surface area contributed by atoms with Crippen molar-refractivity contribution < 1.29 is 9.59 Å². The molecule has 0 unspecified atom stereocenters. The molecule has 0 heterocycles. The van der Waals surface area contributed by atoms with Crippen molar-refractivity contribution in [2.24, 2.45) is 11.8 Å². The summed E-state index contributed by atoms with van der Waals surface area (Å²) in [5, 5.41) is 3.03. The summed E-state index contributed by atoms with van der Waals surface area (Å²) in [5.41, 5.74) is 0. The monoisotopic (exact) mass is 303 g/mol. The molecule has 110 valence electrons. The van der Waals surface area contributed by atoms with Gasteiger partial charge in [-0.1, -0.05) is 28.5 Å². The molecule has 1 amide bonds. The minimum atomic E-state index is 0.169. The van der Waals surface area contributed by atoms with Crippen LogP contribution in [0.1, 0.15) is 45.4 Å². The number of hydrogen-bond acceptors (Lipinski definition) is 4. The summed E-state index contributed by atoms with van der Waals surface area (Å²) in [6.07, 6.45) is 7.02. The van der Waals surface area contributed by atoms with Crippen LogP contribution in [0.5, 0.6) is 0 Å². The molecule has 19 heavy (non-hydrogen) atoms. The van der Waals surface area contributed by atoms with Gasteiger partial charge in [0.25, 0.3) is 0 Å². The van der Waals surface area contributed by atoms with E-state index in [1.54, 1.807) is 10.8 Å². The Morgan fingerprint density at radius 2 is 1.89 bits per heavy atom. The summed E-state index contributed by atoms with van der Waals surface area (Å²) < 4.78 is 0. The maximum atomic E-state index is 11.6. The van der Waals surface area contributed by atoms with Gasteiger partial charge in [-0.25, -0.2) is 0 Å². The van der Waals surface area contributed by atoms with Crippen LogP contribution in [0.4, 0.5) is 0 Å². The van der Waals surface area contributed by atoms with E-state index in [9.17, 15) is 9.59 Å². The van der Waals surface area contributed by atoms with Crippen LogP contribution in [0.3, 0.4) is 0 Å². The molecule has 0 saturated heterocycles. The minimum absolute atomic E-state index is 0.169. The van der Waals surface area contributed by atoms with Gasteiger partial charge in [0.1, 0.15) is 6.29 Å². The standard InChI is InChI=1S/C14H25NO2S2/c1-2-8-18-19-9-7-14(17)15-10-12-3-5-13(11-16)6-4-12/h11-13H,2-10H2,1H3,(H,15,17). The fourth-order valence-electron chi connectivity index (χ4n) is 2.21. The first-order chi connectivity index (χ1) is 9.26. The number of amides is 1. The number of carbonyl (C=O) groups excluding carboxylic acids is 2. The van der Waals surface area contributed by atoms with Gasteiger partial charge in [0.2, 0.25) is 5.91 Å². The third-order valence-electron chi connectivity index (χ3n) is 3.46. The molecule has 0 spiro atoms. The summed E-state index contributed by atoms with van der Waals surface area (Å²) in [6.45, 7) is 2.96. The van der Waals surface area contributed by atoms with Crippen molar-refractivity contribution >= 4 is 33.8 Å². The summed E-state index contributed by atoms with van der Waals surface area (Å²) in [6, 6.07) is 0. The second-order valence-corrected chi connectivity index (χ2v) is 7.82. The second-order valence-electron chi connectivity index (χ2n) is 5.11. The molecule has 1 aliphatic carbocycles. The third kappa shape index (κ3) is 7.88. The van der Waals surface area contributed by atoms with E-state index in [0.29, 0.717) is 12.3 Å². The van der Waals surface area contributed by atoms with Crippen molar-refractivity contribution in [3.05, 3.63) is 0 Å². The predicted octanol–water partition coefficient (Wildman–Crippen LogP) is 3.29. The number of aldehydes is 1. The Hall–Kier alpha value is -0.160. The van der Waals surface area contributed by atoms with Crippen LogP contribution in [0.25, 0.3) is 0 Å². The van der Waals surface area contributed by atoms with E-state index in [1.807, 2.05) is 10.8 Å². The summed E-state index contributed by atoms with van der Waals surface area (Å²) in [4.78, 5) is 22.3. The molecule has 5 heteroatoms. The zero-order chi connectivity index (χ0) is 13.9. The van der Waals surface area contributed by atoms with E-state index in [4.69, 9.17) is 0 Å². The van der Waals surface area contributed by atoms with Gasteiger partial charge in [-0.2, -0.15) is 0 Å². The molecule has 0 bridgehead atoms. The highest BCUT2D eigenvalue weighted by atomic mass is 33.1. The van der Waals surface area contributed by atoms with Crippen LogP contribution in [0, 0.1) is 11.8 Å². The number of carbonyl (C=O) groups is 2. The number of nitrogens with one attached hydrogen (secondary N) is 1. The maximum absolute atomic E-state index is 11.6. The lowest BCUT2D eigenvalue weighted by Crippen LogP contribution is -2.31. The zero-order valence-electron chi connectivity index (χ0n) is 11.7. The minimum Gasteiger partial charge on any atom is -0.356 e. The Labute approximate surface area is 124 Å². The van der Waals surface area contributed by atoms with Gasteiger partial charge >= 0.3 is 0 Å². The Kier molecular flexibility index (Phi) is 9.43. The normalized spacial score (nSPS) is 23.0. The molecule has 1 saturated carbocycles. The van der Waals surface area contributed by atoms with E-state index in [-0.39, 0.29) is 11.8 Å². The van der Waals surface area contributed by atoms with Crippen molar-refractivity contribution in [3.63, 3.8) is 0 Å². The molecular weight excluding hydrogens is 278 g/mol. The Morgan fingerprint density at radius 1 is 1.21 bits per heavy atom. The Bertz CT molecular complexity index is 266. The van der Waals surface area contributed by atoms with Crippen LogP contribution in [0.2, 0.25) is 0 Å². The van der Waals surface area contributed by atoms with Crippen LogP contribution < -0.4 is 5.32 Å². The molecule has 0 aromatic carbocycles. The maximum Gasteiger partial charge on any atom is 0.220 e. The molecular formula is C14H25NO2S2. The molecule has 0 aromatic rings. The van der Waals surface area contributed by atoms with Crippen LogP contribution in [-0.4, -0.2) is 30.2 Å². The zero-order valence-corrected chi connectivity index (χ0v) is 13.4. The quantitative estimate of drug-likeness (QED) is 0.403. The lowest BCUT2D eigenvalue weighted by molar-refractivity contribution is -0.121. The molecule has 0 radical (unpaired) electrons. The van der Waals surface area contributed by atoms with E-state index in [0.717, 1.165) is 50.0 Å². The second kappa shape index (κ2) is 10.6. The molecule has 1 rings (SSSR count). The highest BCUT2D eigenvalue weighted by Gasteiger charge is 2.20. The Balaban J connectivity index is 1.99. The smallest absolute Gasteiger partial charge is 0.220 e. The summed E-state index contributed by atoms with van der Waals surface area (Å²) in [5.74, 6) is 3.06. The fourth-order valence-corrected chi connectivity index (χ4v) is 4.34. The molecule has 1 fully saturated rings. The summed E-state index contributed by atoms with van der Waals surface area (Å²) >= 11 is 0. The first-order valence-corrected chi connectivity index (χ1v) is 9.71. The van der Waals surface area contributed by atoms with Crippen molar-refractivity contribution in [1.29, 1.82) is 0 Å². The van der Waals surface area contributed by atoms with Gasteiger partial charge in [-0.05, 0) is 38.0 Å². The topological polar surface area (TPSA) is 46.2 Å². The lowest BCUT2D eigenvalue weighted by Gasteiger charge is -2.25. The van der Waals surface area contributed by atoms with E-state index in [1.165, 1.54) is 6.42 Å². The third-order valence-corrected chi connectivity index (χ3v) is 6.07. The van der Waals surface area contributed by atoms with Gasteiger partial charge in [0.05, 0.1) is 0 Å². The summed E-state index contributed by atoms with van der Waals surface area (Å²) in [7, 11) is 3.64. The molecule has 1 N–H and O–H groups in total. The highest BCUT2D eigenvalue weighted by molar-refractivity contribution is 8.76. The van der Waals surface area contributed by atoms with E-state index >= 15 is 0 Å². The fraction of sp³-hybridized carbons (Fsp3) is 0.857. The Morgan fingerprint density at radius 3 is 2.53 bits per heavy atom. The van der Waals surface area contributed by atoms with Gasteiger partial charge < -0.3 is 10.1 Å². The number of rotatable bonds is 9. The average molecular weight is 303 g/mol. The molecule has 0 aromatic heterocycles. The average Bonchev–Trinajstić information content (AvgIpc) is 2.45. The van der Waals surface area contributed by atoms with Gasteiger partial charge in [0, 0.05) is 30.4 Å². The van der Waals surface area contributed by atoms with Crippen LogP contribution in [0.15, 0.2) is 0 Å². The molecule has 1 aliphatic rings. The van der Waals surface area contributed by atoms with E-state index < -0.39 is 0 Å². The van der Waals surface area contributed by atoms with Crippen molar-refractivity contribution in [2.45, 2.75) is 45.4 Å². The van der Waals surface area contributed by atoms with Crippen molar-refractivity contribution in [2.75, 3.05) is 18.1 Å². The van der Waals surface area contributed by atoms with E-state index in [2.05, 4.69) is 12.2 Å². The number of hydrogen-bond donors (Lipinski definition) is 1. The van der Waals surface area contributed by atoms with Crippen molar-refractivity contribution in [1.82, 2.24) is 5.32 Å². The SMILES string of the molecule is CCCSSCCC(=O)NCC1CCC(C=O)CC1. The molecule has 3 nitrogen and oxygen atoms in total. The van der Waals surface area contributed by atoms with Gasteiger partial charge in [-0.3, -0.25) is 4.79 Å². The van der Waals surface area contributed by atoms with Gasteiger partial charge in [-0.15, -0.1) is 0 Å². The van der Waals surface area contributed by atoms with Crippen LogP contribution in [-0.2, 0) is 9.59 Å². The van der Waals surface area contributed by atoms with Crippen LogP contribution >= 0.6 is 21.6 Å². The van der Waals surface area contributed by atoms with Gasteiger partial charge in [0.15, 0.2) is 0 Å². The molecule has 0 atom stereocenters. The first-order valence-electron chi connectivity index (χ1n) is 7.22. The molecule has 0 aliphatic heterocycles. The van der Waals surface area contributed by atoms with Crippen molar-refractivity contribution in [3.8, 4) is 0 Å². The lowest BCUT2D eigenvalue weighted by atomic mass is 9.83. The first kappa shape index (κ1) is 16.9.